The molecule has 0 unspecified atom stereocenters. The van der Waals surface area contributed by atoms with Gasteiger partial charge in [-0.1, -0.05) is 12.1 Å². The van der Waals surface area contributed by atoms with Gasteiger partial charge in [-0.2, -0.15) is 0 Å². The van der Waals surface area contributed by atoms with Crippen molar-refractivity contribution in [2.24, 2.45) is 0 Å². The van der Waals surface area contributed by atoms with Crippen LogP contribution in [0.4, 0.5) is 8.78 Å². The largest absolute Gasteiger partial charge is 0.295 e. The summed E-state index contributed by atoms with van der Waals surface area (Å²) in [4.78, 5) is 24.1. The molecule has 2 aromatic carbocycles. The van der Waals surface area contributed by atoms with Gasteiger partial charge in [-0.3, -0.25) is 14.9 Å². The van der Waals surface area contributed by atoms with Gasteiger partial charge in [0.25, 0.3) is 0 Å². The lowest BCUT2D eigenvalue weighted by atomic mass is 9.76. The fraction of sp³-hybridized carbons (Fsp3) is 0.125. The molecular weight excluding hydrogens is 276 g/mol. The van der Waals surface area contributed by atoms with E-state index in [-0.39, 0.29) is 6.42 Å². The Labute approximate surface area is 118 Å². The zero-order chi connectivity index (χ0) is 14.8. The van der Waals surface area contributed by atoms with Gasteiger partial charge in [-0.15, -0.1) is 0 Å². The van der Waals surface area contributed by atoms with Crippen molar-refractivity contribution in [2.75, 3.05) is 0 Å². The Morgan fingerprint density at radius 3 is 1.86 bits per heavy atom. The number of carbonyl (C=O) groups is 2. The second-order valence-electron chi connectivity index (χ2n) is 5.34. The predicted octanol–water partition coefficient (Wildman–Crippen LogP) is 2.28. The highest BCUT2D eigenvalue weighted by Crippen LogP contribution is 2.52. The van der Waals surface area contributed by atoms with Crippen LogP contribution in [0.25, 0.3) is 11.1 Å². The summed E-state index contributed by atoms with van der Waals surface area (Å²) >= 11 is 0. The van der Waals surface area contributed by atoms with Crippen LogP contribution in [0.5, 0.6) is 0 Å². The van der Waals surface area contributed by atoms with Crippen LogP contribution >= 0.6 is 0 Å². The van der Waals surface area contributed by atoms with Gasteiger partial charge in [-0.25, -0.2) is 8.78 Å². The summed E-state index contributed by atoms with van der Waals surface area (Å²) in [5.74, 6) is -1.95. The molecule has 0 bridgehead atoms. The third kappa shape index (κ3) is 1.40. The first-order valence-corrected chi connectivity index (χ1v) is 6.47. The molecule has 1 N–H and O–H groups in total. The highest BCUT2D eigenvalue weighted by atomic mass is 19.1. The minimum Gasteiger partial charge on any atom is -0.295 e. The van der Waals surface area contributed by atoms with Crippen molar-refractivity contribution in [3.05, 3.63) is 59.2 Å². The van der Waals surface area contributed by atoms with E-state index in [0.717, 1.165) is 0 Å². The third-order valence-electron chi connectivity index (χ3n) is 4.24. The second-order valence-corrected chi connectivity index (χ2v) is 5.34. The van der Waals surface area contributed by atoms with Gasteiger partial charge in [0.2, 0.25) is 11.8 Å². The lowest BCUT2D eigenvalue weighted by molar-refractivity contribution is -0.125. The van der Waals surface area contributed by atoms with E-state index in [1.165, 1.54) is 24.3 Å². The Morgan fingerprint density at radius 1 is 0.905 bits per heavy atom. The molecule has 1 aliphatic heterocycles. The van der Waals surface area contributed by atoms with Crippen LogP contribution in [0.15, 0.2) is 36.4 Å². The highest BCUT2D eigenvalue weighted by Gasteiger charge is 2.55. The summed E-state index contributed by atoms with van der Waals surface area (Å²) in [5, 5.41) is 2.25. The summed E-state index contributed by atoms with van der Waals surface area (Å²) < 4.78 is 27.3. The van der Waals surface area contributed by atoms with Crippen LogP contribution < -0.4 is 5.32 Å². The Morgan fingerprint density at radius 2 is 1.43 bits per heavy atom. The Balaban J connectivity index is 2.12. The summed E-state index contributed by atoms with van der Waals surface area (Å²) in [6.45, 7) is 0. The van der Waals surface area contributed by atoms with E-state index >= 15 is 0 Å². The number of benzene rings is 2. The molecule has 104 valence electrons. The highest BCUT2D eigenvalue weighted by molar-refractivity contribution is 6.14. The Bertz CT molecular complexity index is 778. The first-order valence-electron chi connectivity index (χ1n) is 6.47. The number of imide groups is 1. The molecule has 1 aliphatic carbocycles. The third-order valence-corrected chi connectivity index (χ3v) is 4.24. The molecule has 2 amide bonds. The molecule has 3 nitrogen and oxygen atoms in total. The summed E-state index contributed by atoms with van der Waals surface area (Å²) in [6, 6.07) is 8.22. The molecule has 0 aromatic heterocycles. The summed E-state index contributed by atoms with van der Waals surface area (Å²) in [6.07, 6.45) is -0.126. The number of fused-ring (bicyclic) bond motifs is 5. The van der Waals surface area contributed by atoms with Gasteiger partial charge >= 0.3 is 0 Å². The van der Waals surface area contributed by atoms with E-state index in [2.05, 4.69) is 5.32 Å². The van der Waals surface area contributed by atoms with E-state index in [9.17, 15) is 18.4 Å². The molecule has 1 fully saturated rings. The topological polar surface area (TPSA) is 46.2 Å². The summed E-state index contributed by atoms with van der Waals surface area (Å²) in [5.41, 5.74) is 0.858. The average Bonchev–Trinajstić information content (AvgIpc) is 2.87. The maximum atomic E-state index is 13.6. The fourth-order valence-corrected chi connectivity index (χ4v) is 3.39. The maximum absolute atomic E-state index is 13.6. The zero-order valence-electron chi connectivity index (χ0n) is 10.7. The molecule has 1 spiro atoms. The predicted molar refractivity (Wildman–Crippen MR) is 70.3 cm³/mol. The van der Waals surface area contributed by atoms with Crippen molar-refractivity contribution >= 4 is 11.8 Å². The first kappa shape index (κ1) is 12.2. The first-order chi connectivity index (χ1) is 10.0. The van der Waals surface area contributed by atoms with Crippen LogP contribution in [-0.4, -0.2) is 11.8 Å². The molecule has 21 heavy (non-hydrogen) atoms. The van der Waals surface area contributed by atoms with Crippen molar-refractivity contribution in [3.8, 4) is 11.1 Å². The SMILES string of the molecule is O=C1CC2(C(=O)N1)c1cc(F)ccc1-c1ccc(F)cc12. The Kier molecular flexibility index (Phi) is 2.18. The Hall–Kier alpha value is -2.56. The molecule has 0 atom stereocenters. The van der Waals surface area contributed by atoms with E-state index in [4.69, 9.17) is 0 Å². The second kappa shape index (κ2) is 3.75. The van der Waals surface area contributed by atoms with Crippen LogP contribution in [0.1, 0.15) is 17.5 Å². The molecule has 1 heterocycles. The minimum atomic E-state index is -1.31. The molecule has 1 saturated heterocycles. The fourth-order valence-electron chi connectivity index (χ4n) is 3.39. The lowest BCUT2D eigenvalue weighted by Gasteiger charge is -2.22. The zero-order valence-corrected chi connectivity index (χ0v) is 10.7. The van der Waals surface area contributed by atoms with Crippen molar-refractivity contribution in [1.29, 1.82) is 0 Å². The number of hydrogen-bond donors (Lipinski definition) is 1. The number of halogens is 2. The molecule has 2 aliphatic rings. The van der Waals surface area contributed by atoms with Crippen LogP contribution in [0, 0.1) is 11.6 Å². The minimum absolute atomic E-state index is 0.126. The van der Waals surface area contributed by atoms with Crippen molar-refractivity contribution < 1.29 is 18.4 Å². The van der Waals surface area contributed by atoms with E-state index < -0.39 is 28.9 Å². The number of hydrogen-bond acceptors (Lipinski definition) is 2. The van der Waals surface area contributed by atoms with Gasteiger partial charge < -0.3 is 0 Å². The van der Waals surface area contributed by atoms with Crippen LogP contribution in [0.3, 0.4) is 0 Å². The molecule has 5 heteroatoms. The van der Waals surface area contributed by atoms with Crippen LogP contribution in [-0.2, 0) is 15.0 Å². The van der Waals surface area contributed by atoms with E-state index in [0.29, 0.717) is 22.3 Å². The normalized spacial score (nSPS) is 17.8. The molecular formula is C16H9F2NO2. The molecule has 4 rings (SSSR count). The van der Waals surface area contributed by atoms with Gasteiger partial charge in [0.1, 0.15) is 17.0 Å². The standard InChI is InChI=1S/C16H9F2NO2/c17-8-1-3-10-11-4-2-9(18)6-13(11)16(12(10)5-8)7-14(20)19-15(16)21/h1-6H,7H2,(H,19,20,21). The number of carbonyl (C=O) groups excluding carboxylic acids is 2. The smallest absolute Gasteiger partial charge is 0.242 e. The van der Waals surface area contributed by atoms with Gasteiger partial charge in [0.15, 0.2) is 0 Å². The van der Waals surface area contributed by atoms with Gasteiger partial charge in [0.05, 0.1) is 0 Å². The molecule has 2 aromatic rings. The van der Waals surface area contributed by atoms with Gasteiger partial charge in [0, 0.05) is 6.42 Å². The van der Waals surface area contributed by atoms with Crippen molar-refractivity contribution in [3.63, 3.8) is 0 Å². The van der Waals surface area contributed by atoms with Crippen molar-refractivity contribution in [2.45, 2.75) is 11.8 Å². The van der Waals surface area contributed by atoms with Crippen molar-refractivity contribution in [1.82, 2.24) is 5.32 Å². The number of rotatable bonds is 0. The number of nitrogens with one attached hydrogen (secondary N) is 1. The molecule has 0 radical (unpaired) electrons. The summed E-state index contributed by atoms with van der Waals surface area (Å²) in [7, 11) is 0. The monoisotopic (exact) mass is 285 g/mol. The maximum Gasteiger partial charge on any atom is 0.242 e. The molecule has 0 saturated carbocycles. The van der Waals surface area contributed by atoms with Gasteiger partial charge in [-0.05, 0) is 46.5 Å². The van der Waals surface area contributed by atoms with E-state index in [1.54, 1.807) is 12.1 Å². The lowest BCUT2D eigenvalue weighted by Crippen LogP contribution is -2.35. The number of amides is 2. The van der Waals surface area contributed by atoms with Crippen LogP contribution in [0.2, 0.25) is 0 Å². The quantitative estimate of drug-likeness (QED) is 0.755. The van der Waals surface area contributed by atoms with E-state index in [1.807, 2.05) is 0 Å². The average molecular weight is 285 g/mol.